The van der Waals surface area contributed by atoms with Gasteiger partial charge in [-0.15, -0.1) is 0 Å². The summed E-state index contributed by atoms with van der Waals surface area (Å²) in [5, 5.41) is 4.19. The fourth-order valence-electron chi connectivity index (χ4n) is 4.97. The Balaban J connectivity index is 1.20. The fraction of sp³-hybridized carbons (Fsp3) is 0.636. The summed E-state index contributed by atoms with van der Waals surface area (Å²) in [6, 6.07) is 5.01. The van der Waals surface area contributed by atoms with E-state index in [2.05, 4.69) is 10.1 Å². The van der Waals surface area contributed by atoms with Crippen molar-refractivity contribution in [3.63, 3.8) is 0 Å². The molecule has 2 aliphatic heterocycles. The molecule has 0 radical (unpaired) electrons. The Morgan fingerprint density at radius 3 is 2.55 bits per heavy atom. The first-order chi connectivity index (χ1) is 14.9. The zero-order chi connectivity index (χ0) is 21.5. The van der Waals surface area contributed by atoms with Gasteiger partial charge in [-0.1, -0.05) is 11.6 Å². The maximum absolute atomic E-state index is 13.2. The lowest BCUT2D eigenvalue weighted by Crippen LogP contribution is -2.50. The molecule has 3 aliphatic rings. The molecular formula is C22H28FN3O4S. The molecule has 2 aromatic rings. The third-order valence-corrected chi connectivity index (χ3v) is 9.00. The van der Waals surface area contributed by atoms with Crippen LogP contribution in [0.2, 0.25) is 0 Å². The summed E-state index contributed by atoms with van der Waals surface area (Å²) < 4.78 is 52.1. The minimum atomic E-state index is -3.62. The molecule has 7 nitrogen and oxygen atoms in total. The van der Waals surface area contributed by atoms with Crippen LogP contribution in [-0.4, -0.2) is 48.2 Å². The number of hydrogen-bond acceptors (Lipinski definition) is 6. The van der Waals surface area contributed by atoms with E-state index >= 15 is 0 Å². The molecule has 1 saturated carbocycles. The van der Waals surface area contributed by atoms with Gasteiger partial charge in [-0.25, -0.2) is 12.8 Å². The fourth-order valence-corrected chi connectivity index (χ4v) is 6.41. The number of sulfonamides is 1. The van der Waals surface area contributed by atoms with E-state index in [4.69, 9.17) is 9.26 Å². The molecule has 0 amide bonds. The smallest absolute Gasteiger partial charge is 0.243 e. The molecule has 9 heteroatoms. The summed E-state index contributed by atoms with van der Waals surface area (Å²) in [6.07, 6.45) is 7.43. The molecular weight excluding hydrogens is 421 g/mol. The molecule has 1 aliphatic carbocycles. The third kappa shape index (κ3) is 4.27. The van der Waals surface area contributed by atoms with E-state index in [9.17, 15) is 12.8 Å². The minimum absolute atomic E-state index is 0.131. The van der Waals surface area contributed by atoms with Gasteiger partial charge >= 0.3 is 0 Å². The maximum atomic E-state index is 13.2. The van der Waals surface area contributed by atoms with Crippen LogP contribution in [0.4, 0.5) is 4.39 Å². The number of piperidine rings is 1. The van der Waals surface area contributed by atoms with Crippen LogP contribution in [0.1, 0.15) is 62.6 Å². The summed E-state index contributed by atoms with van der Waals surface area (Å²) >= 11 is 0. The van der Waals surface area contributed by atoms with Crippen LogP contribution in [0, 0.1) is 11.7 Å². The number of ether oxygens (including phenoxy) is 1. The number of nitrogens with zero attached hydrogens (tertiary/aromatic N) is 3. The van der Waals surface area contributed by atoms with Gasteiger partial charge in [-0.05, 0) is 68.7 Å². The van der Waals surface area contributed by atoms with E-state index in [1.807, 2.05) is 0 Å². The number of rotatable bonds is 5. The molecule has 3 heterocycles. The maximum Gasteiger partial charge on any atom is 0.243 e. The van der Waals surface area contributed by atoms with Crippen molar-refractivity contribution in [1.82, 2.24) is 14.4 Å². The quantitative estimate of drug-likeness (QED) is 0.692. The van der Waals surface area contributed by atoms with Crippen LogP contribution in [0.3, 0.4) is 0 Å². The SMILES string of the molecule is O=S(=O)(c1ccc(F)cc1)N1CCC2(CC1)CC(Cc1noc(C3CCC3)n1)CCO2. The van der Waals surface area contributed by atoms with Crippen molar-refractivity contribution in [3.05, 3.63) is 41.8 Å². The molecule has 0 N–H and O–H groups in total. The van der Waals surface area contributed by atoms with Gasteiger partial charge in [0, 0.05) is 32.0 Å². The Morgan fingerprint density at radius 2 is 1.87 bits per heavy atom. The highest BCUT2D eigenvalue weighted by Gasteiger charge is 2.43. The van der Waals surface area contributed by atoms with Gasteiger partial charge < -0.3 is 9.26 Å². The van der Waals surface area contributed by atoms with Crippen LogP contribution in [0.25, 0.3) is 0 Å². The molecule has 168 valence electrons. The highest BCUT2D eigenvalue weighted by molar-refractivity contribution is 7.89. The van der Waals surface area contributed by atoms with Crippen LogP contribution in [0.15, 0.2) is 33.7 Å². The van der Waals surface area contributed by atoms with E-state index in [1.165, 1.54) is 35.0 Å². The first-order valence-corrected chi connectivity index (χ1v) is 12.6. The molecule has 1 unspecified atom stereocenters. The normalized spacial score (nSPS) is 24.9. The molecule has 3 fully saturated rings. The first-order valence-electron chi connectivity index (χ1n) is 11.2. The highest BCUT2D eigenvalue weighted by Crippen LogP contribution is 2.40. The molecule has 31 heavy (non-hydrogen) atoms. The lowest BCUT2D eigenvalue weighted by atomic mass is 9.78. The molecule has 1 aromatic carbocycles. The van der Waals surface area contributed by atoms with Crippen molar-refractivity contribution in [3.8, 4) is 0 Å². The van der Waals surface area contributed by atoms with Crippen molar-refractivity contribution < 1.29 is 22.1 Å². The average molecular weight is 450 g/mol. The van der Waals surface area contributed by atoms with Gasteiger partial charge in [0.1, 0.15) is 5.82 Å². The zero-order valence-corrected chi connectivity index (χ0v) is 18.3. The Labute approximate surface area is 182 Å². The van der Waals surface area contributed by atoms with Gasteiger partial charge in [-0.2, -0.15) is 9.29 Å². The predicted molar refractivity (Wildman–Crippen MR) is 110 cm³/mol. The van der Waals surface area contributed by atoms with Crippen LogP contribution < -0.4 is 0 Å². The molecule has 0 bridgehead atoms. The molecule has 2 saturated heterocycles. The lowest BCUT2D eigenvalue weighted by molar-refractivity contribution is -0.120. The number of halogens is 1. The summed E-state index contributed by atoms with van der Waals surface area (Å²) in [7, 11) is -3.62. The number of benzene rings is 1. The Bertz CT molecular complexity index is 1010. The monoisotopic (exact) mass is 449 g/mol. The Morgan fingerprint density at radius 1 is 1.13 bits per heavy atom. The lowest BCUT2D eigenvalue weighted by Gasteiger charge is -2.45. The standard InChI is InChI=1S/C22H28FN3O4S/c23-18-4-6-19(7-5-18)31(27,28)26-11-9-22(10-12-26)15-16(8-13-29-22)14-20-24-21(30-25-20)17-2-1-3-17/h4-7,16-17H,1-3,8-15H2. The Hall–Kier alpha value is -1.84. The van der Waals surface area contributed by atoms with Crippen molar-refractivity contribution >= 4 is 10.0 Å². The van der Waals surface area contributed by atoms with Gasteiger partial charge in [0.2, 0.25) is 15.9 Å². The van der Waals surface area contributed by atoms with E-state index in [0.29, 0.717) is 44.4 Å². The predicted octanol–water partition coefficient (Wildman–Crippen LogP) is 3.67. The molecule has 1 atom stereocenters. The number of hydrogen-bond donors (Lipinski definition) is 0. The molecule has 1 spiro atoms. The van der Waals surface area contributed by atoms with Crippen LogP contribution >= 0.6 is 0 Å². The van der Waals surface area contributed by atoms with Crippen molar-refractivity contribution in [2.24, 2.45) is 5.92 Å². The second kappa shape index (κ2) is 8.26. The van der Waals surface area contributed by atoms with Gasteiger partial charge in [0.25, 0.3) is 0 Å². The summed E-state index contributed by atoms with van der Waals surface area (Å²) in [4.78, 5) is 4.74. The first kappa shape index (κ1) is 21.0. The average Bonchev–Trinajstić information content (AvgIpc) is 3.15. The van der Waals surface area contributed by atoms with E-state index < -0.39 is 15.8 Å². The van der Waals surface area contributed by atoms with Crippen molar-refractivity contribution in [2.45, 2.75) is 67.8 Å². The second-order valence-electron chi connectivity index (χ2n) is 9.13. The van der Waals surface area contributed by atoms with Crippen molar-refractivity contribution in [2.75, 3.05) is 19.7 Å². The van der Waals surface area contributed by atoms with Gasteiger partial charge in [0.15, 0.2) is 5.82 Å². The third-order valence-electron chi connectivity index (χ3n) is 7.09. The number of aromatic nitrogens is 2. The summed E-state index contributed by atoms with van der Waals surface area (Å²) in [5.74, 6) is 1.96. The Kier molecular flexibility index (Phi) is 5.60. The van der Waals surface area contributed by atoms with Crippen LogP contribution in [-0.2, 0) is 21.2 Å². The van der Waals surface area contributed by atoms with E-state index in [0.717, 1.165) is 43.8 Å². The molecule has 1 aromatic heterocycles. The highest BCUT2D eigenvalue weighted by atomic mass is 32.2. The van der Waals surface area contributed by atoms with E-state index in [1.54, 1.807) is 0 Å². The van der Waals surface area contributed by atoms with Crippen LogP contribution in [0.5, 0.6) is 0 Å². The van der Waals surface area contributed by atoms with Gasteiger partial charge in [0.05, 0.1) is 10.5 Å². The zero-order valence-electron chi connectivity index (χ0n) is 17.5. The van der Waals surface area contributed by atoms with Gasteiger partial charge in [-0.3, -0.25) is 0 Å². The second-order valence-corrected chi connectivity index (χ2v) is 11.1. The largest absolute Gasteiger partial charge is 0.375 e. The molecule has 5 rings (SSSR count). The minimum Gasteiger partial charge on any atom is -0.375 e. The summed E-state index contributed by atoms with van der Waals surface area (Å²) in [5.41, 5.74) is -0.293. The summed E-state index contributed by atoms with van der Waals surface area (Å²) in [6.45, 7) is 1.48. The van der Waals surface area contributed by atoms with E-state index in [-0.39, 0.29) is 10.5 Å². The topological polar surface area (TPSA) is 85.5 Å². The van der Waals surface area contributed by atoms with Crippen molar-refractivity contribution in [1.29, 1.82) is 0 Å².